The van der Waals surface area contributed by atoms with Gasteiger partial charge in [0.1, 0.15) is 5.82 Å². The van der Waals surface area contributed by atoms with Crippen LogP contribution >= 0.6 is 0 Å². The molecule has 2 saturated heterocycles. The summed E-state index contributed by atoms with van der Waals surface area (Å²) in [6.45, 7) is 3.25. The minimum atomic E-state index is -0.375. The molecular formula is C21H28FN3O2. The number of carbonyl (C=O) groups excluding carboxylic acids is 2. The zero-order valence-corrected chi connectivity index (χ0v) is 15.7. The highest BCUT2D eigenvalue weighted by Gasteiger charge is 2.34. The molecule has 2 heterocycles. The number of carbonyl (C=O) groups is 2. The van der Waals surface area contributed by atoms with E-state index in [2.05, 4.69) is 10.2 Å². The fourth-order valence-corrected chi connectivity index (χ4v) is 4.34. The molecule has 2 amide bonds. The fourth-order valence-electron chi connectivity index (χ4n) is 4.34. The summed E-state index contributed by atoms with van der Waals surface area (Å²) in [6, 6.07) is 6.77. The Morgan fingerprint density at radius 3 is 2.52 bits per heavy atom. The second-order valence-electron chi connectivity index (χ2n) is 8.15. The van der Waals surface area contributed by atoms with Crippen molar-refractivity contribution in [2.75, 3.05) is 26.2 Å². The van der Waals surface area contributed by atoms with Crippen LogP contribution in [0.5, 0.6) is 0 Å². The quantitative estimate of drug-likeness (QED) is 0.882. The summed E-state index contributed by atoms with van der Waals surface area (Å²) < 4.78 is 13.4. The van der Waals surface area contributed by atoms with E-state index in [4.69, 9.17) is 0 Å². The second kappa shape index (κ2) is 7.97. The van der Waals surface area contributed by atoms with E-state index in [-0.39, 0.29) is 23.5 Å². The highest BCUT2D eigenvalue weighted by Crippen LogP contribution is 2.26. The normalized spacial score (nSPS) is 24.6. The lowest BCUT2D eigenvalue weighted by atomic mass is 9.93. The van der Waals surface area contributed by atoms with Gasteiger partial charge in [-0.3, -0.25) is 14.5 Å². The molecule has 1 saturated carbocycles. The van der Waals surface area contributed by atoms with Crippen LogP contribution in [-0.4, -0.2) is 59.9 Å². The Morgan fingerprint density at radius 2 is 1.81 bits per heavy atom. The van der Waals surface area contributed by atoms with Gasteiger partial charge in [0.15, 0.2) is 0 Å². The van der Waals surface area contributed by atoms with Gasteiger partial charge in [-0.05, 0) is 63.3 Å². The number of amides is 2. The molecule has 1 aromatic rings. The number of rotatable bonds is 4. The van der Waals surface area contributed by atoms with E-state index in [0.717, 1.165) is 51.6 Å². The smallest absolute Gasteiger partial charge is 0.253 e. The molecule has 3 fully saturated rings. The summed E-state index contributed by atoms with van der Waals surface area (Å²) in [7, 11) is 0. The minimum absolute atomic E-state index is 0.0896. The molecule has 0 radical (unpaired) electrons. The first-order valence-electron chi connectivity index (χ1n) is 10.2. The molecule has 6 heteroatoms. The number of piperidine rings is 2. The van der Waals surface area contributed by atoms with Crippen molar-refractivity contribution in [2.24, 2.45) is 5.92 Å². The summed E-state index contributed by atoms with van der Waals surface area (Å²) in [5.74, 6) is -0.139. The Labute approximate surface area is 159 Å². The van der Waals surface area contributed by atoms with Crippen LogP contribution in [0.3, 0.4) is 0 Å². The Hall–Kier alpha value is -1.95. The minimum Gasteiger partial charge on any atom is -0.353 e. The number of nitrogens with zero attached hydrogens (tertiary/aromatic N) is 2. The SMILES string of the molecule is O=C(NC1CC1)[C@H]1CCCN(C2CCN(C(=O)c3cccc(F)c3)CC2)C1. The molecule has 27 heavy (non-hydrogen) atoms. The summed E-state index contributed by atoms with van der Waals surface area (Å²) in [5.41, 5.74) is 0.420. The first-order chi connectivity index (χ1) is 13.1. The van der Waals surface area contributed by atoms with E-state index in [1.807, 2.05) is 4.90 Å². The number of nitrogens with one attached hydrogen (secondary N) is 1. The van der Waals surface area contributed by atoms with Gasteiger partial charge in [0, 0.05) is 37.3 Å². The van der Waals surface area contributed by atoms with E-state index < -0.39 is 0 Å². The van der Waals surface area contributed by atoms with Crippen LogP contribution in [0, 0.1) is 11.7 Å². The van der Waals surface area contributed by atoms with Gasteiger partial charge >= 0.3 is 0 Å². The third-order valence-electron chi connectivity index (χ3n) is 6.09. The molecule has 146 valence electrons. The zero-order valence-electron chi connectivity index (χ0n) is 15.7. The summed E-state index contributed by atoms with van der Waals surface area (Å²) in [5, 5.41) is 3.14. The van der Waals surface area contributed by atoms with Gasteiger partial charge in [0.05, 0.1) is 5.92 Å². The van der Waals surface area contributed by atoms with Gasteiger partial charge in [-0.1, -0.05) is 6.07 Å². The van der Waals surface area contributed by atoms with Gasteiger partial charge in [-0.2, -0.15) is 0 Å². The van der Waals surface area contributed by atoms with Crippen LogP contribution in [0.4, 0.5) is 4.39 Å². The predicted molar refractivity (Wildman–Crippen MR) is 101 cm³/mol. The lowest BCUT2D eigenvalue weighted by Gasteiger charge is -2.42. The lowest BCUT2D eigenvalue weighted by Crippen LogP contribution is -2.51. The molecular weight excluding hydrogens is 345 g/mol. The van der Waals surface area contributed by atoms with Crippen molar-refractivity contribution in [3.05, 3.63) is 35.6 Å². The van der Waals surface area contributed by atoms with E-state index in [1.54, 1.807) is 12.1 Å². The van der Waals surface area contributed by atoms with Crippen LogP contribution in [0.25, 0.3) is 0 Å². The molecule has 3 aliphatic rings. The number of hydrogen-bond acceptors (Lipinski definition) is 3. The maximum absolute atomic E-state index is 13.4. The summed E-state index contributed by atoms with van der Waals surface area (Å²) in [6.07, 6.45) is 6.12. The van der Waals surface area contributed by atoms with Crippen molar-refractivity contribution >= 4 is 11.8 Å². The highest BCUT2D eigenvalue weighted by molar-refractivity contribution is 5.94. The largest absolute Gasteiger partial charge is 0.353 e. The van der Waals surface area contributed by atoms with Crippen molar-refractivity contribution in [3.8, 4) is 0 Å². The average molecular weight is 373 g/mol. The van der Waals surface area contributed by atoms with Gasteiger partial charge in [0.25, 0.3) is 5.91 Å². The molecule has 0 bridgehead atoms. The standard InChI is InChI=1S/C21H28FN3O2/c22-17-5-1-3-15(13-17)21(27)24-11-8-19(9-12-24)25-10-2-4-16(14-25)20(26)23-18-6-7-18/h1,3,5,13,16,18-19H,2,4,6-12,14H2,(H,23,26)/t16-/m0/s1. The summed E-state index contributed by atoms with van der Waals surface area (Å²) in [4.78, 5) is 29.2. The molecule has 1 aliphatic carbocycles. The van der Waals surface area contributed by atoms with Crippen molar-refractivity contribution < 1.29 is 14.0 Å². The Morgan fingerprint density at radius 1 is 1.04 bits per heavy atom. The average Bonchev–Trinajstić information content (AvgIpc) is 3.51. The van der Waals surface area contributed by atoms with Crippen molar-refractivity contribution in [1.82, 2.24) is 15.1 Å². The molecule has 1 N–H and O–H groups in total. The Kier molecular flexibility index (Phi) is 5.43. The Bertz CT molecular complexity index is 698. The number of halogens is 1. The summed E-state index contributed by atoms with van der Waals surface area (Å²) >= 11 is 0. The molecule has 1 atom stereocenters. The zero-order chi connectivity index (χ0) is 18.8. The first-order valence-corrected chi connectivity index (χ1v) is 10.2. The number of likely N-dealkylation sites (tertiary alicyclic amines) is 2. The third-order valence-corrected chi connectivity index (χ3v) is 6.09. The molecule has 5 nitrogen and oxygen atoms in total. The highest BCUT2D eigenvalue weighted by atomic mass is 19.1. The van der Waals surface area contributed by atoms with E-state index in [1.165, 1.54) is 12.1 Å². The van der Waals surface area contributed by atoms with Gasteiger partial charge < -0.3 is 10.2 Å². The van der Waals surface area contributed by atoms with E-state index in [9.17, 15) is 14.0 Å². The monoisotopic (exact) mass is 373 g/mol. The molecule has 2 aliphatic heterocycles. The third kappa shape index (κ3) is 4.49. The Balaban J connectivity index is 1.29. The van der Waals surface area contributed by atoms with Gasteiger partial charge in [-0.15, -0.1) is 0 Å². The van der Waals surface area contributed by atoms with E-state index >= 15 is 0 Å². The lowest BCUT2D eigenvalue weighted by molar-refractivity contribution is -0.127. The van der Waals surface area contributed by atoms with Crippen molar-refractivity contribution in [3.63, 3.8) is 0 Å². The van der Waals surface area contributed by atoms with Crippen LogP contribution in [0.15, 0.2) is 24.3 Å². The predicted octanol–water partition coefficient (Wildman–Crippen LogP) is 2.42. The van der Waals surface area contributed by atoms with Crippen LogP contribution in [-0.2, 0) is 4.79 Å². The second-order valence-corrected chi connectivity index (χ2v) is 8.15. The molecule has 1 aromatic carbocycles. The number of hydrogen-bond donors (Lipinski definition) is 1. The topological polar surface area (TPSA) is 52.7 Å². The molecule has 0 unspecified atom stereocenters. The fraction of sp³-hybridized carbons (Fsp3) is 0.619. The maximum Gasteiger partial charge on any atom is 0.253 e. The van der Waals surface area contributed by atoms with E-state index in [0.29, 0.717) is 30.7 Å². The van der Waals surface area contributed by atoms with Crippen molar-refractivity contribution in [2.45, 2.75) is 50.6 Å². The number of benzene rings is 1. The molecule has 0 aromatic heterocycles. The maximum atomic E-state index is 13.4. The van der Waals surface area contributed by atoms with Gasteiger partial charge in [0.2, 0.25) is 5.91 Å². The molecule has 0 spiro atoms. The molecule has 4 rings (SSSR count). The van der Waals surface area contributed by atoms with Crippen LogP contribution < -0.4 is 5.32 Å². The first kappa shape index (κ1) is 18.4. The van der Waals surface area contributed by atoms with Gasteiger partial charge in [-0.25, -0.2) is 4.39 Å². The van der Waals surface area contributed by atoms with Crippen molar-refractivity contribution in [1.29, 1.82) is 0 Å². The van der Waals surface area contributed by atoms with Crippen LogP contribution in [0.1, 0.15) is 48.9 Å². The van der Waals surface area contributed by atoms with Crippen LogP contribution in [0.2, 0.25) is 0 Å².